The Morgan fingerprint density at radius 3 is 1.78 bits per heavy atom. The molecule has 2 saturated heterocycles. The maximum Gasteiger partial charge on any atom is 0.329 e. The van der Waals surface area contributed by atoms with Crippen LogP contribution in [0, 0.1) is 5.92 Å². The van der Waals surface area contributed by atoms with Gasteiger partial charge in [0.2, 0.25) is 11.8 Å². The molecule has 4 aromatic carbocycles. The highest BCUT2D eigenvalue weighted by Gasteiger charge is 2.56. The first-order chi connectivity index (χ1) is 21.9. The lowest BCUT2D eigenvalue weighted by atomic mass is 9.76. The van der Waals surface area contributed by atoms with Crippen LogP contribution < -0.4 is 5.32 Å². The van der Waals surface area contributed by atoms with Gasteiger partial charge in [0.05, 0.1) is 5.54 Å². The summed E-state index contributed by atoms with van der Waals surface area (Å²) in [4.78, 5) is 44.5. The molecule has 0 saturated carbocycles. The molecular weight excluding hydrogens is 562 g/mol. The average Bonchev–Trinajstić information content (AvgIpc) is 3.81. The molecule has 2 aliphatic rings. The number of carbonyl (C=O) groups is 3. The van der Waals surface area contributed by atoms with Crippen molar-refractivity contribution in [3.8, 4) is 0 Å². The molecule has 1 N–H and O–H groups in total. The van der Waals surface area contributed by atoms with Crippen molar-refractivity contribution in [2.45, 2.75) is 50.5 Å². The molecule has 2 heterocycles. The fourth-order valence-corrected chi connectivity index (χ4v) is 6.72. The lowest BCUT2D eigenvalue weighted by Crippen LogP contribution is -2.51. The van der Waals surface area contributed by atoms with Crippen LogP contribution >= 0.6 is 0 Å². The highest BCUT2D eigenvalue weighted by atomic mass is 16.5. The number of benzene rings is 4. The van der Waals surface area contributed by atoms with Gasteiger partial charge in [0, 0.05) is 13.1 Å². The zero-order valence-corrected chi connectivity index (χ0v) is 25.7. The van der Waals surface area contributed by atoms with Gasteiger partial charge in [0.15, 0.2) is 0 Å². The van der Waals surface area contributed by atoms with Crippen molar-refractivity contribution >= 4 is 17.8 Å². The van der Waals surface area contributed by atoms with Gasteiger partial charge >= 0.3 is 5.97 Å². The molecule has 7 heteroatoms. The van der Waals surface area contributed by atoms with E-state index < -0.39 is 29.6 Å². The molecule has 2 aliphatic heterocycles. The van der Waals surface area contributed by atoms with E-state index in [2.05, 4.69) is 46.6 Å². The monoisotopic (exact) mass is 601 g/mol. The normalized spacial score (nSPS) is 20.1. The number of esters is 1. The maximum atomic E-state index is 13.8. The summed E-state index contributed by atoms with van der Waals surface area (Å²) in [5.41, 5.74) is 3.39. The van der Waals surface area contributed by atoms with Gasteiger partial charge in [0.1, 0.15) is 24.7 Å². The van der Waals surface area contributed by atoms with E-state index in [-0.39, 0.29) is 24.3 Å². The van der Waals surface area contributed by atoms with Gasteiger partial charge in [-0.2, -0.15) is 0 Å². The van der Waals surface area contributed by atoms with Gasteiger partial charge in [-0.05, 0) is 34.6 Å². The molecule has 2 amide bonds. The first-order valence-corrected chi connectivity index (χ1v) is 15.7. The number of hydrogen-bond donors (Lipinski definition) is 1. The zero-order valence-electron chi connectivity index (χ0n) is 25.7. The van der Waals surface area contributed by atoms with Crippen LogP contribution in [0.4, 0.5) is 0 Å². The lowest BCUT2D eigenvalue weighted by Gasteiger charge is -2.38. The summed E-state index contributed by atoms with van der Waals surface area (Å²) in [6.45, 7) is 4.88. The Balaban J connectivity index is 1.20. The third-order valence-corrected chi connectivity index (χ3v) is 8.91. The Labute approximate surface area is 264 Å². The Morgan fingerprint density at radius 1 is 0.800 bits per heavy atom. The summed E-state index contributed by atoms with van der Waals surface area (Å²) in [7, 11) is 0. The van der Waals surface area contributed by atoms with Crippen molar-refractivity contribution < 1.29 is 19.1 Å². The van der Waals surface area contributed by atoms with E-state index in [1.807, 2.05) is 98.8 Å². The third kappa shape index (κ3) is 6.00. The Morgan fingerprint density at radius 2 is 1.29 bits per heavy atom. The fraction of sp³-hybridized carbons (Fsp3) is 0.289. The van der Waals surface area contributed by atoms with Crippen molar-refractivity contribution in [2.24, 2.45) is 5.92 Å². The van der Waals surface area contributed by atoms with Crippen LogP contribution in [0.3, 0.4) is 0 Å². The Hall–Kier alpha value is -4.75. The number of ether oxygens (including phenoxy) is 1. The number of hydrogen-bond acceptors (Lipinski definition) is 5. The SMILES string of the molecule is CC(C)C(C(=O)OCc1ccccc1)N1CCC(NC(=O)C2CN2C(c2ccccc2)(c2ccccc2)c2ccccc2)C1=O. The summed E-state index contributed by atoms with van der Waals surface area (Å²) in [6, 6.07) is 38.4. The van der Waals surface area contributed by atoms with E-state index in [1.54, 1.807) is 4.90 Å². The van der Waals surface area contributed by atoms with Gasteiger partial charge < -0.3 is 15.0 Å². The molecule has 6 rings (SSSR count). The predicted molar refractivity (Wildman–Crippen MR) is 173 cm³/mol. The minimum absolute atomic E-state index is 0.145. The topological polar surface area (TPSA) is 78.7 Å². The molecule has 0 radical (unpaired) electrons. The van der Waals surface area contributed by atoms with Crippen molar-refractivity contribution in [1.82, 2.24) is 15.1 Å². The second-order valence-corrected chi connectivity index (χ2v) is 12.1. The molecule has 4 atom stereocenters. The molecule has 45 heavy (non-hydrogen) atoms. The first-order valence-electron chi connectivity index (χ1n) is 15.7. The van der Waals surface area contributed by atoms with Gasteiger partial charge in [-0.25, -0.2) is 4.79 Å². The van der Waals surface area contributed by atoms with Gasteiger partial charge in [-0.1, -0.05) is 135 Å². The van der Waals surface area contributed by atoms with Crippen LogP contribution in [0.15, 0.2) is 121 Å². The molecule has 4 unspecified atom stereocenters. The van der Waals surface area contributed by atoms with Crippen molar-refractivity contribution in [3.05, 3.63) is 144 Å². The van der Waals surface area contributed by atoms with Gasteiger partial charge in [-0.3, -0.25) is 14.5 Å². The molecule has 0 bridgehead atoms. The van der Waals surface area contributed by atoms with Crippen LogP contribution in [0.25, 0.3) is 0 Å². The van der Waals surface area contributed by atoms with Crippen LogP contribution in [0.5, 0.6) is 0 Å². The molecular formula is C38H39N3O4. The summed E-state index contributed by atoms with van der Waals surface area (Å²) in [6.07, 6.45) is 0.438. The van der Waals surface area contributed by atoms with E-state index in [9.17, 15) is 14.4 Å². The maximum absolute atomic E-state index is 13.8. The first kappa shape index (κ1) is 30.3. The predicted octanol–water partition coefficient (Wildman–Crippen LogP) is 5.15. The average molecular weight is 602 g/mol. The third-order valence-electron chi connectivity index (χ3n) is 8.91. The second-order valence-electron chi connectivity index (χ2n) is 12.1. The number of likely N-dealkylation sites (tertiary alicyclic amines) is 1. The number of carbonyl (C=O) groups excluding carboxylic acids is 3. The van der Waals surface area contributed by atoms with Gasteiger partial charge in [-0.15, -0.1) is 0 Å². The lowest BCUT2D eigenvalue weighted by molar-refractivity contribution is -0.157. The number of rotatable bonds is 11. The van der Waals surface area contributed by atoms with Crippen LogP contribution in [0.2, 0.25) is 0 Å². The summed E-state index contributed by atoms with van der Waals surface area (Å²) in [5.74, 6) is -1.00. The molecule has 0 spiro atoms. The van der Waals surface area contributed by atoms with Crippen molar-refractivity contribution in [3.63, 3.8) is 0 Å². The molecule has 4 aromatic rings. The van der Waals surface area contributed by atoms with Crippen molar-refractivity contribution in [1.29, 1.82) is 0 Å². The van der Waals surface area contributed by atoms with Crippen LogP contribution in [0.1, 0.15) is 42.5 Å². The van der Waals surface area contributed by atoms with E-state index in [0.717, 1.165) is 22.3 Å². The van der Waals surface area contributed by atoms with Crippen molar-refractivity contribution in [2.75, 3.05) is 13.1 Å². The molecule has 230 valence electrons. The fourth-order valence-electron chi connectivity index (χ4n) is 6.72. The Bertz CT molecular complexity index is 1520. The molecule has 2 fully saturated rings. The summed E-state index contributed by atoms with van der Waals surface area (Å²) < 4.78 is 5.63. The van der Waals surface area contributed by atoms with E-state index in [1.165, 1.54) is 0 Å². The number of amides is 2. The van der Waals surface area contributed by atoms with Crippen LogP contribution in [-0.2, 0) is 31.3 Å². The number of nitrogens with one attached hydrogen (secondary N) is 1. The highest BCUT2D eigenvalue weighted by molar-refractivity contribution is 5.94. The van der Waals surface area contributed by atoms with E-state index >= 15 is 0 Å². The quantitative estimate of drug-likeness (QED) is 0.146. The minimum Gasteiger partial charge on any atom is -0.459 e. The molecule has 0 aromatic heterocycles. The van der Waals surface area contributed by atoms with Gasteiger partial charge in [0.25, 0.3) is 0 Å². The van der Waals surface area contributed by atoms with E-state index in [0.29, 0.717) is 19.5 Å². The van der Waals surface area contributed by atoms with Crippen LogP contribution in [-0.4, -0.2) is 58.8 Å². The standard InChI is InChI=1S/C38H39N3O4/c1-27(2)34(37(44)45-26-28-15-7-3-8-16-28)40-24-23-32(36(40)43)39-35(42)33-25-41(33)38(29-17-9-4-10-18-29,30-19-11-5-12-20-30)31-21-13-6-14-22-31/h3-22,27,32-34H,23-26H2,1-2H3,(H,39,42). The highest BCUT2D eigenvalue weighted by Crippen LogP contribution is 2.48. The summed E-state index contributed by atoms with van der Waals surface area (Å²) >= 11 is 0. The zero-order chi connectivity index (χ0) is 31.4. The largest absolute Gasteiger partial charge is 0.459 e. The Kier molecular flexibility index (Phi) is 8.80. The minimum atomic E-state index is -0.720. The second kappa shape index (κ2) is 13.1. The summed E-state index contributed by atoms with van der Waals surface area (Å²) in [5, 5.41) is 3.04. The van der Waals surface area contributed by atoms with E-state index in [4.69, 9.17) is 4.74 Å². The smallest absolute Gasteiger partial charge is 0.329 e. The molecule has 7 nitrogen and oxygen atoms in total. The molecule has 0 aliphatic carbocycles. The number of nitrogens with zero attached hydrogens (tertiary/aromatic N) is 2.